The fraction of sp³-hybridized carbons (Fsp3) is 0.235. The summed E-state index contributed by atoms with van der Waals surface area (Å²) in [5.74, 6) is 0.836. The monoisotopic (exact) mass is 348 g/mol. The SMILES string of the molecule is CN(C)C(=NP(Cl)N(c1ccccc1)c1ccccc1)N(C)C. The maximum absolute atomic E-state index is 6.75. The Balaban J connectivity index is 2.44. The van der Waals surface area contributed by atoms with Crippen molar-refractivity contribution in [3.63, 3.8) is 0 Å². The number of rotatable bonds is 4. The maximum atomic E-state index is 6.75. The van der Waals surface area contributed by atoms with Gasteiger partial charge in [0.2, 0.25) is 13.5 Å². The van der Waals surface area contributed by atoms with Crippen molar-refractivity contribution in [1.29, 1.82) is 0 Å². The Labute approximate surface area is 144 Å². The summed E-state index contributed by atoms with van der Waals surface area (Å²) in [5, 5.41) is 0. The van der Waals surface area contributed by atoms with Gasteiger partial charge in [-0.1, -0.05) is 36.4 Å². The van der Waals surface area contributed by atoms with E-state index in [4.69, 9.17) is 16.0 Å². The molecule has 0 N–H and O–H groups in total. The van der Waals surface area contributed by atoms with E-state index in [0.717, 1.165) is 17.3 Å². The summed E-state index contributed by atoms with van der Waals surface area (Å²) in [6.45, 7) is 0. The van der Waals surface area contributed by atoms with Crippen LogP contribution in [-0.4, -0.2) is 44.0 Å². The summed E-state index contributed by atoms with van der Waals surface area (Å²) in [5.41, 5.74) is 2.06. The molecule has 6 heteroatoms. The van der Waals surface area contributed by atoms with Gasteiger partial charge in [-0.2, -0.15) is 4.76 Å². The number of hydrogen-bond acceptors (Lipinski definition) is 2. The predicted molar refractivity (Wildman–Crippen MR) is 103 cm³/mol. The molecule has 2 aromatic carbocycles. The van der Waals surface area contributed by atoms with Gasteiger partial charge in [0.25, 0.3) is 0 Å². The Morgan fingerprint density at radius 1 is 0.783 bits per heavy atom. The zero-order valence-corrected chi connectivity index (χ0v) is 15.5. The molecule has 0 bridgehead atoms. The molecule has 0 spiro atoms. The van der Waals surface area contributed by atoms with Crippen LogP contribution in [0.3, 0.4) is 0 Å². The highest BCUT2D eigenvalue weighted by Gasteiger charge is 2.20. The molecule has 0 aliphatic carbocycles. The van der Waals surface area contributed by atoms with E-state index in [-0.39, 0.29) is 0 Å². The van der Waals surface area contributed by atoms with Crippen LogP contribution in [0.2, 0.25) is 0 Å². The summed E-state index contributed by atoms with van der Waals surface area (Å²) < 4.78 is 6.83. The molecule has 0 aliphatic heterocycles. The van der Waals surface area contributed by atoms with E-state index in [1.807, 2.05) is 98.7 Å². The minimum atomic E-state index is -1.29. The van der Waals surface area contributed by atoms with Crippen molar-refractivity contribution >= 4 is 36.2 Å². The second-order valence-electron chi connectivity index (χ2n) is 5.41. The molecular weight excluding hydrogens is 327 g/mol. The van der Waals surface area contributed by atoms with Crippen LogP contribution in [-0.2, 0) is 0 Å². The van der Waals surface area contributed by atoms with E-state index in [0.29, 0.717) is 0 Å². The van der Waals surface area contributed by atoms with Crippen LogP contribution in [0.4, 0.5) is 11.4 Å². The first-order valence-corrected chi connectivity index (χ1v) is 9.45. The molecule has 0 aromatic heterocycles. The van der Waals surface area contributed by atoms with Crippen molar-refractivity contribution in [2.75, 3.05) is 32.9 Å². The lowest BCUT2D eigenvalue weighted by Crippen LogP contribution is -2.35. The molecule has 0 heterocycles. The molecule has 1 unspecified atom stereocenters. The molecule has 4 nitrogen and oxygen atoms in total. The second-order valence-corrected chi connectivity index (χ2v) is 7.40. The van der Waals surface area contributed by atoms with Crippen molar-refractivity contribution in [2.45, 2.75) is 0 Å². The molecule has 2 rings (SSSR count). The van der Waals surface area contributed by atoms with Gasteiger partial charge in [-0.15, -0.1) is 0 Å². The average Bonchev–Trinajstić information content (AvgIpc) is 2.54. The standard InChI is InChI=1S/C17H22ClN4P/c1-20(2)17(21(3)4)19-23(18)22(15-11-7-5-8-12-15)16-13-9-6-10-14-16/h5-14H,1-4H3. The van der Waals surface area contributed by atoms with E-state index in [2.05, 4.69) is 4.67 Å². The molecule has 0 saturated carbocycles. The van der Waals surface area contributed by atoms with E-state index < -0.39 is 7.58 Å². The summed E-state index contributed by atoms with van der Waals surface area (Å²) in [4.78, 5) is 3.93. The van der Waals surface area contributed by atoms with Crippen molar-refractivity contribution in [3.05, 3.63) is 60.7 Å². The number of para-hydroxylation sites is 2. The third-order valence-corrected chi connectivity index (χ3v) is 4.95. The van der Waals surface area contributed by atoms with Gasteiger partial charge in [-0.25, -0.2) is 0 Å². The van der Waals surface area contributed by atoms with Crippen LogP contribution >= 0.6 is 18.8 Å². The van der Waals surface area contributed by atoms with Gasteiger partial charge in [0.05, 0.1) is 0 Å². The van der Waals surface area contributed by atoms with Gasteiger partial charge >= 0.3 is 0 Å². The van der Waals surface area contributed by atoms with Gasteiger partial charge in [0.15, 0.2) is 0 Å². The largest absolute Gasteiger partial charge is 0.349 e. The van der Waals surface area contributed by atoms with Gasteiger partial charge in [-0.05, 0) is 35.5 Å². The molecule has 0 aliphatic rings. The molecule has 23 heavy (non-hydrogen) atoms. The summed E-state index contributed by atoms with van der Waals surface area (Å²) in [7, 11) is 6.58. The molecule has 0 radical (unpaired) electrons. The lowest BCUT2D eigenvalue weighted by Gasteiger charge is -2.29. The molecule has 0 fully saturated rings. The number of benzene rings is 2. The van der Waals surface area contributed by atoms with E-state index in [9.17, 15) is 0 Å². The fourth-order valence-corrected chi connectivity index (χ4v) is 4.14. The van der Waals surface area contributed by atoms with Gasteiger partial charge in [0, 0.05) is 39.6 Å². The van der Waals surface area contributed by atoms with E-state index in [1.54, 1.807) is 0 Å². The van der Waals surface area contributed by atoms with E-state index >= 15 is 0 Å². The molecule has 0 saturated heterocycles. The first-order valence-electron chi connectivity index (χ1n) is 7.30. The first-order chi connectivity index (χ1) is 11.0. The highest BCUT2D eigenvalue weighted by Crippen LogP contribution is 2.54. The third kappa shape index (κ3) is 4.60. The van der Waals surface area contributed by atoms with E-state index in [1.165, 1.54) is 0 Å². The smallest absolute Gasteiger partial charge is 0.225 e. The minimum Gasteiger partial charge on any atom is -0.349 e. The third-order valence-electron chi connectivity index (χ3n) is 3.14. The molecule has 1 atom stereocenters. The zero-order chi connectivity index (χ0) is 16.8. The van der Waals surface area contributed by atoms with Crippen LogP contribution in [0.15, 0.2) is 65.4 Å². The Morgan fingerprint density at radius 3 is 1.52 bits per heavy atom. The molecule has 2 aromatic rings. The molecular formula is C17H22ClN4P. The second kappa shape index (κ2) is 8.19. The van der Waals surface area contributed by atoms with Crippen LogP contribution in [0, 0.1) is 0 Å². The van der Waals surface area contributed by atoms with Gasteiger partial charge in [0.1, 0.15) is 0 Å². The summed E-state index contributed by atoms with van der Waals surface area (Å²) in [6.07, 6.45) is 0. The van der Waals surface area contributed by atoms with Crippen molar-refractivity contribution < 1.29 is 0 Å². The predicted octanol–water partition coefficient (Wildman–Crippen LogP) is 4.77. The number of halogens is 1. The highest BCUT2D eigenvalue weighted by atomic mass is 35.7. The average molecular weight is 349 g/mol. The summed E-state index contributed by atoms with van der Waals surface area (Å²) in [6, 6.07) is 20.2. The summed E-state index contributed by atoms with van der Waals surface area (Å²) >= 11 is 6.75. The number of guanidine groups is 1. The van der Waals surface area contributed by atoms with Crippen LogP contribution in [0.25, 0.3) is 0 Å². The number of hydrogen-bond donors (Lipinski definition) is 0. The van der Waals surface area contributed by atoms with Crippen molar-refractivity contribution in [3.8, 4) is 0 Å². The number of nitrogens with zero attached hydrogens (tertiary/aromatic N) is 4. The Morgan fingerprint density at radius 2 is 1.17 bits per heavy atom. The molecule has 0 amide bonds. The minimum absolute atomic E-state index is 0.836. The van der Waals surface area contributed by atoms with Crippen molar-refractivity contribution in [2.24, 2.45) is 4.76 Å². The highest BCUT2D eigenvalue weighted by molar-refractivity contribution is 7.84. The van der Waals surface area contributed by atoms with Gasteiger partial charge in [-0.3, -0.25) is 4.67 Å². The quantitative estimate of drug-likeness (QED) is 0.451. The van der Waals surface area contributed by atoms with Crippen LogP contribution in [0.1, 0.15) is 0 Å². The van der Waals surface area contributed by atoms with Gasteiger partial charge < -0.3 is 9.80 Å². The fourth-order valence-electron chi connectivity index (χ4n) is 2.18. The van der Waals surface area contributed by atoms with Crippen LogP contribution in [0.5, 0.6) is 0 Å². The Bertz CT molecular complexity index is 582. The topological polar surface area (TPSA) is 22.1 Å². The lowest BCUT2D eigenvalue weighted by atomic mass is 10.3. The first kappa shape index (κ1) is 17.6. The number of anilines is 2. The van der Waals surface area contributed by atoms with Crippen molar-refractivity contribution in [1.82, 2.24) is 9.80 Å². The Hall–Kier alpha value is -1.77. The molecule has 122 valence electrons. The Kier molecular flexibility index (Phi) is 6.26. The maximum Gasteiger partial charge on any atom is 0.225 e. The normalized spacial score (nSPS) is 11.5. The lowest BCUT2D eigenvalue weighted by molar-refractivity contribution is 0.486. The van der Waals surface area contributed by atoms with Crippen LogP contribution < -0.4 is 4.67 Å². The zero-order valence-electron chi connectivity index (χ0n) is 13.9.